The van der Waals surface area contributed by atoms with E-state index in [-0.39, 0.29) is 22.5 Å². The topological polar surface area (TPSA) is 78.5 Å². The van der Waals surface area contributed by atoms with Crippen molar-refractivity contribution < 1.29 is 22.4 Å². The largest absolute Gasteiger partial charge is 0.417 e. The first-order chi connectivity index (χ1) is 19.2. The Morgan fingerprint density at radius 2 is 1.93 bits per heavy atom. The molecule has 4 aromatic rings. The van der Waals surface area contributed by atoms with Gasteiger partial charge in [-0.25, -0.2) is 14.1 Å². The molecule has 6 rings (SSSR count). The summed E-state index contributed by atoms with van der Waals surface area (Å²) in [4.78, 5) is 22.5. The SMILES string of the molecule is CCn1cnc(SC2CCC3=Cc4c(cnn4-c4ccc(F)cc4)CC3(C(=O)c3ccc(C(F)(F)F)cn3)C2)n1. The zero-order valence-electron chi connectivity index (χ0n) is 21.4. The van der Waals surface area contributed by atoms with Crippen molar-refractivity contribution in [1.29, 1.82) is 0 Å². The van der Waals surface area contributed by atoms with Gasteiger partial charge in [0, 0.05) is 18.0 Å². The number of pyridine rings is 1. The van der Waals surface area contributed by atoms with Crippen molar-refractivity contribution in [1.82, 2.24) is 29.5 Å². The van der Waals surface area contributed by atoms with Gasteiger partial charge in [-0.15, -0.1) is 5.10 Å². The molecular weight excluding hydrogens is 544 g/mol. The lowest BCUT2D eigenvalue weighted by atomic mass is 9.61. The smallest absolute Gasteiger partial charge is 0.291 e. The van der Waals surface area contributed by atoms with Crippen LogP contribution in [0.1, 0.15) is 53.5 Å². The monoisotopic (exact) mass is 568 g/mol. The van der Waals surface area contributed by atoms with Gasteiger partial charge in [0.2, 0.25) is 5.16 Å². The van der Waals surface area contributed by atoms with E-state index in [0.717, 1.165) is 35.4 Å². The average molecular weight is 569 g/mol. The highest BCUT2D eigenvalue weighted by atomic mass is 32.2. The van der Waals surface area contributed by atoms with Gasteiger partial charge in [0.25, 0.3) is 0 Å². The minimum atomic E-state index is -4.55. The normalized spacial score (nSPS) is 20.5. The number of hydrogen-bond donors (Lipinski definition) is 0. The van der Waals surface area contributed by atoms with Crippen LogP contribution in [0, 0.1) is 11.2 Å². The van der Waals surface area contributed by atoms with Crippen LogP contribution in [0.25, 0.3) is 11.8 Å². The first-order valence-corrected chi connectivity index (χ1v) is 13.7. The van der Waals surface area contributed by atoms with E-state index in [1.165, 1.54) is 23.9 Å². The Labute approximate surface area is 231 Å². The van der Waals surface area contributed by atoms with Crippen LogP contribution in [0.5, 0.6) is 0 Å². The number of Topliss-reactive ketones (excluding diaryl/α,β-unsaturated/α-hetero) is 1. The molecular formula is C28H24F4N6OS. The standard InChI is InChI=1S/C28H24F4N6OS/c1-2-37-16-34-26(36-37)40-22-9-3-18-11-24-17(14-35-38(24)21-7-5-20(29)6-8-21)12-27(18,13-22)25(39)23-10-4-19(15-33-23)28(30,31)32/h4-8,10-11,14-16,22H,2-3,9,12-13H2,1H3. The Morgan fingerprint density at radius 1 is 1.12 bits per heavy atom. The Balaban J connectivity index is 1.38. The Bertz CT molecular complexity index is 1590. The molecule has 1 fully saturated rings. The number of carbonyl (C=O) groups is 1. The minimum absolute atomic E-state index is 0.00712. The molecule has 1 aromatic carbocycles. The number of rotatable bonds is 6. The van der Waals surface area contributed by atoms with Gasteiger partial charge >= 0.3 is 6.18 Å². The lowest BCUT2D eigenvalue weighted by Crippen LogP contribution is -2.43. The highest BCUT2D eigenvalue weighted by Crippen LogP contribution is 2.52. The molecule has 40 heavy (non-hydrogen) atoms. The van der Waals surface area contributed by atoms with Crippen molar-refractivity contribution >= 4 is 23.6 Å². The maximum Gasteiger partial charge on any atom is 0.417 e. The van der Waals surface area contributed by atoms with Crippen molar-refractivity contribution in [3.63, 3.8) is 0 Å². The van der Waals surface area contributed by atoms with Gasteiger partial charge in [0.15, 0.2) is 5.78 Å². The molecule has 3 heterocycles. The number of ketones is 1. The number of hydrogen-bond acceptors (Lipinski definition) is 6. The number of carbonyl (C=O) groups excluding carboxylic acids is 1. The highest BCUT2D eigenvalue weighted by molar-refractivity contribution is 7.99. The number of aryl methyl sites for hydroxylation is 1. The fourth-order valence-electron chi connectivity index (χ4n) is 5.53. The summed E-state index contributed by atoms with van der Waals surface area (Å²) in [7, 11) is 0. The second kappa shape index (κ2) is 9.99. The van der Waals surface area contributed by atoms with Crippen LogP contribution >= 0.6 is 11.8 Å². The lowest BCUT2D eigenvalue weighted by Gasteiger charge is -2.43. The highest BCUT2D eigenvalue weighted by Gasteiger charge is 2.50. The fraction of sp³-hybridized carbons (Fsp3) is 0.321. The third kappa shape index (κ3) is 4.74. The predicted molar refractivity (Wildman–Crippen MR) is 140 cm³/mol. The summed E-state index contributed by atoms with van der Waals surface area (Å²) < 4.78 is 56.5. The van der Waals surface area contributed by atoms with Crippen molar-refractivity contribution in [2.45, 2.75) is 55.7 Å². The van der Waals surface area contributed by atoms with Crippen LogP contribution < -0.4 is 0 Å². The number of allylic oxidation sites excluding steroid dienone is 1. The number of aromatic nitrogens is 6. The minimum Gasteiger partial charge on any atom is -0.291 e. The van der Waals surface area contributed by atoms with E-state index in [2.05, 4.69) is 20.2 Å². The number of benzene rings is 1. The number of thioether (sulfide) groups is 1. The number of alkyl halides is 3. The van der Waals surface area contributed by atoms with E-state index in [0.29, 0.717) is 42.8 Å². The molecule has 0 bridgehead atoms. The van der Waals surface area contributed by atoms with E-state index in [1.54, 1.807) is 34.0 Å². The van der Waals surface area contributed by atoms with Gasteiger partial charge < -0.3 is 0 Å². The van der Waals surface area contributed by atoms with Crippen molar-refractivity contribution in [3.8, 4) is 5.69 Å². The van der Waals surface area contributed by atoms with E-state index >= 15 is 0 Å². The summed E-state index contributed by atoms with van der Waals surface area (Å²) in [5, 5.41) is 9.63. The fourth-order valence-corrected chi connectivity index (χ4v) is 6.69. The molecule has 206 valence electrons. The van der Waals surface area contributed by atoms with Crippen molar-refractivity contribution in [2.24, 2.45) is 5.41 Å². The number of halogens is 4. The second-order valence-corrected chi connectivity index (χ2v) is 11.3. The van der Waals surface area contributed by atoms with Gasteiger partial charge in [0.1, 0.15) is 17.8 Å². The van der Waals surface area contributed by atoms with Gasteiger partial charge in [-0.3, -0.25) is 14.5 Å². The third-order valence-corrected chi connectivity index (χ3v) is 8.69. The van der Waals surface area contributed by atoms with Gasteiger partial charge in [0.05, 0.1) is 28.6 Å². The summed E-state index contributed by atoms with van der Waals surface area (Å²) in [6.45, 7) is 2.66. The Morgan fingerprint density at radius 3 is 2.60 bits per heavy atom. The average Bonchev–Trinajstić information content (AvgIpc) is 3.57. The number of fused-ring (bicyclic) bond motifs is 2. The molecule has 2 atom stereocenters. The quantitative estimate of drug-likeness (QED) is 0.204. The Hall–Kier alpha value is -3.80. The van der Waals surface area contributed by atoms with E-state index < -0.39 is 17.2 Å². The molecule has 3 aromatic heterocycles. The van der Waals surface area contributed by atoms with Crippen molar-refractivity contribution in [3.05, 3.63) is 89.0 Å². The molecule has 0 amide bonds. The molecule has 7 nitrogen and oxygen atoms in total. The Kier molecular flexibility index (Phi) is 6.60. The third-order valence-electron chi connectivity index (χ3n) is 7.56. The summed E-state index contributed by atoms with van der Waals surface area (Å²) in [6, 6.07) is 8.06. The molecule has 0 saturated heterocycles. The molecule has 2 aliphatic carbocycles. The summed E-state index contributed by atoms with van der Waals surface area (Å²) in [5.41, 5.74) is 1.29. The lowest BCUT2D eigenvalue weighted by molar-refractivity contribution is -0.137. The van der Waals surface area contributed by atoms with Crippen LogP contribution in [-0.2, 0) is 19.1 Å². The van der Waals surface area contributed by atoms with E-state index in [4.69, 9.17) is 0 Å². The van der Waals surface area contributed by atoms with Gasteiger partial charge in [-0.05, 0) is 80.6 Å². The molecule has 0 aliphatic heterocycles. The molecule has 0 N–H and O–H groups in total. The first kappa shape index (κ1) is 26.4. The van der Waals surface area contributed by atoms with Gasteiger partial charge in [-0.1, -0.05) is 17.3 Å². The molecule has 1 saturated carbocycles. The van der Waals surface area contributed by atoms with E-state index in [9.17, 15) is 22.4 Å². The second-order valence-electron chi connectivity index (χ2n) is 10.00. The van der Waals surface area contributed by atoms with Gasteiger partial charge in [-0.2, -0.15) is 18.3 Å². The van der Waals surface area contributed by atoms with Crippen molar-refractivity contribution in [2.75, 3.05) is 0 Å². The molecule has 0 radical (unpaired) electrons. The molecule has 2 aliphatic rings. The predicted octanol–water partition coefficient (Wildman–Crippen LogP) is 6.19. The van der Waals surface area contributed by atoms with Crippen LogP contribution in [0.4, 0.5) is 17.6 Å². The maximum absolute atomic E-state index is 14.2. The summed E-state index contributed by atoms with van der Waals surface area (Å²) >= 11 is 1.51. The molecule has 2 unspecified atom stereocenters. The molecule has 12 heteroatoms. The van der Waals surface area contributed by atoms with Crippen LogP contribution in [0.2, 0.25) is 0 Å². The first-order valence-electron chi connectivity index (χ1n) is 12.8. The van der Waals surface area contributed by atoms with Crippen LogP contribution in [0.15, 0.2) is 65.8 Å². The van der Waals surface area contributed by atoms with Crippen LogP contribution in [0.3, 0.4) is 0 Å². The van der Waals surface area contributed by atoms with E-state index in [1.807, 2.05) is 13.0 Å². The zero-order valence-corrected chi connectivity index (χ0v) is 22.2. The zero-order chi connectivity index (χ0) is 28.1. The molecule has 0 spiro atoms. The van der Waals surface area contributed by atoms with Crippen LogP contribution in [-0.4, -0.2) is 40.6 Å². The summed E-state index contributed by atoms with van der Waals surface area (Å²) in [6.07, 6.45) is 3.64. The maximum atomic E-state index is 14.2. The summed E-state index contributed by atoms with van der Waals surface area (Å²) in [5.74, 6) is -0.670. The number of nitrogens with zero attached hydrogens (tertiary/aromatic N) is 6.